The molecule has 0 bridgehead atoms. The molecule has 144 valence electrons. The van der Waals surface area contributed by atoms with Crippen molar-refractivity contribution < 1.29 is 19.8 Å². The highest BCUT2D eigenvalue weighted by atomic mass is 35.5. The van der Waals surface area contributed by atoms with E-state index in [0.29, 0.717) is 39.3 Å². The van der Waals surface area contributed by atoms with Gasteiger partial charge in [-0.2, -0.15) is 0 Å². The average Bonchev–Trinajstić information content (AvgIpc) is 2.99. The minimum atomic E-state index is -0.691. The topological polar surface area (TPSA) is 148 Å². The fraction of sp³-hybridized carbons (Fsp3) is 0.111. The van der Waals surface area contributed by atoms with E-state index in [4.69, 9.17) is 21.9 Å². The Labute approximate surface area is 163 Å². The van der Waals surface area contributed by atoms with Crippen LogP contribution in [0, 0.1) is 24.0 Å². The van der Waals surface area contributed by atoms with E-state index in [2.05, 4.69) is 10.3 Å². The average molecular weight is 403 g/mol. The molecule has 1 aromatic heterocycles. The second-order valence-electron chi connectivity index (χ2n) is 6.02. The molecule has 0 aliphatic rings. The van der Waals surface area contributed by atoms with Gasteiger partial charge in [0, 0.05) is 27.8 Å². The molecular formula is C18H15ClN4O5. The maximum absolute atomic E-state index is 11.2. The van der Waals surface area contributed by atoms with E-state index in [1.807, 2.05) is 0 Å². The number of nitrogens with zero attached hydrogens (tertiary/aromatic N) is 3. The summed E-state index contributed by atoms with van der Waals surface area (Å²) in [5, 5.41) is 37.5. The number of aromatic nitrogens is 1. The smallest absolute Gasteiger partial charge is 0.311 e. The first-order valence-corrected chi connectivity index (χ1v) is 8.34. The highest BCUT2D eigenvalue weighted by Gasteiger charge is 2.24. The van der Waals surface area contributed by atoms with Gasteiger partial charge in [0.15, 0.2) is 11.6 Å². The molecule has 2 aromatic carbocycles. The van der Waals surface area contributed by atoms with Crippen LogP contribution in [0.4, 0.5) is 5.69 Å². The molecule has 0 spiro atoms. The number of nitrogens with two attached hydrogens (primary N) is 1. The maximum atomic E-state index is 11.2. The molecule has 0 aliphatic carbocycles. The number of rotatable bonds is 4. The molecule has 4 N–H and O–H groups in total. The van der Waals surface area contributed by atoms with Gasteiger partial charge in [-0.05, 0) is 43.2 Å². The van der Waals surface area contributed by atoms with Crippen LogP contribution in [-0.4, -0.2) is 26.2 Å². The lowest BCUT2D eigenvalue weighted by Crippen LogP contribution is -2.15. The first-order chi connectivity index (χ1) is 13.2. The van der Waals surface area contributed by atoms with Crippen LogP contribution >= 0.6 is 11.6 Å². The summed E-state index contributed by atoms with van der Waals surface area (Å²) in [6.07, 6.45) is 0. The first kappa shape index (κ1) is 19.2. The van der Waals surface area contributed by atoms with Crippen LogP contribution in [0.5, 0.6) is 5.75 Å². The minimum absolute atomic E-state index is 0.202. The van der Waals surface area contributed by atoms with Gasteiger partial charge < -0.3 is 20.6 Å². The van der Waals surface area contributed by atoms with Crippen molar-refractivity contribution in [3.8, 4) is 28.0 Å². The zero-order valence-corrected chi connectivity index (χ0v) is 15.6. The van der Waals surface area contributed by atoms with Crippen molar-refractivity contribution in [2.45, 2.75) is 13.8 Å². The minimum Gasteiger partial charge on any atom is -0.502 e. The molecular weight excluding hydrogens is 388 g/mol. The molecule has 0 saturated heterocycles. The van der Waals surface area contributed by atoms with Crippen LogP contribution in [0.15, 0.2) is 40.0 Å². The third kappa shape index (κ3) is 3.23. The Hall–Kier alpha value is -3.59. The van der Waals surface area contributed by atoms with Crippen LogP contribution in [0.2, 0.25) is 5.02 Å². The highest BCUT2D eigenvalue weighted by molar-refractivity contribution is 6.31. The van der Waals surface area contributed by atoms with Gasteiger partial charge in [0.05, 0.1) is 10.6 Å². The van der Waals surface area contributed by atoms with Crippen molar-refractivity contribution >= 4 is 23.1 Å². The fourth-order valence-corrected chi connectivity index (χ4v) is 3.26. The van der Waals surface area contributed by atoms with Gasteiger partial charge >= 0.3 is 5.69 Å². The van der Waals surface area contributed by atoms with Crippen molar-refractivity contribution in [2.75, 3.05) is 0 Å². The van der Waals surface area contributed by atoms with Crippen molar-refractivity contribution in [2.24, 2.45) is 10.9 Å². The molecule has 28 heavy (non-hydrogen) atoms. The molecule has 0 fully saturated rings. The lowest BCUT2D eigenvalue weighted by atomic mass is 9.89. The van der Waals surface area contributed by atoms with Gasteiger partial charge in [-0.15, -0.1) is 0 Å². The van der Waals surface area contributed by atoms with E-state index >= 15 is 0 Å². The van der Waals surface area contributed by atoms with Gasteiger partial charge in [-0.1, -0.05) is 28.0 Å². The van der Waals surface area contributed by atoms with Crippen LogP contribution in [0.1, 0.15) is 17.0 Å². The Kier molecular flexibility index (Phi) is 4.93. The summed E-state index contributed by atoms with van der Waals surface area (Å²) in [4.78, 5) is 10.5. The van der Waals surface area contributed by atoms with Crippen molar-refractivity contribution in [1.29, 1.82) is 0 Å². The van der Waals surface area contributed by atoms with Gasteiger partial charge in [0.25, 0.3) is 0 Å². The van der Waals surface area contributed by atoms with Crippen LogP contribution in [0.25, 0.3) is 22.3 Å². The number of aromatic hydroxyl groups is 1. The molecule has 0 unspecified atom stereocenters. The van der Waals surface area contributed by atoms with Gasteiger partial charge in [0.1, 0.15) is 5.76 Å². The third-order valence-corrected chi connectivity index (χ3v) is 4.47. The predicted octanol–water partition coefficient (Wildman–Crippen LogP) is 3.99. The Morgan fingerprint density at radius 1 is 1.29 bits per heavy atom. The number of nitro benzene ring substituents is 1. The monoisotopic (exact) mass is 402 g/mol. The van der Waals surface area contributed by atoms with Crippen LogP contribution in [0.3, 0.4) is 0 Å². The number of phenols is 1. The molecule has 0 amide bonds. The van der Waals surface area contributed by atoms with Gasteiger partial charge in [-0.3, -0.25) is 10.1 Å². The molecule has 1 heterocycles. The van der Waals surface area contributed by atoms with Crippen LogP contribution < -0.4 is 5.73 Å². The summed E-state index contributed by atoms with van der Waals surface area (Å²) >= 11 is 6.23. The maximum Gasteiger partial charge on any atom is 0.311 e. The lowest BCUT2D eigenvalue weighted by molar-refractivity contribution is -0.385. The number of amidine groups is 1. The summed E-state index contributed by atoms with van der Waals surface area (Å²) in [5.74, 6) is -0.195. The Bertz CT molecular complexity index is 1100. The molecule has 0 radical (unpaired) electrons. The largest absolute Gasteiger partial charge is 0.502 e. The third-order valence-electron chi connectivity index (χ3n) is 4.25. The Balaban J connectivity index is 2.44. The van der Waals surface area contributed by atoms with Crippen molar-refractivity contribution in [3.63, 3.8) is 0 Å². The zero-order chi connectivity index (χ0) is 20.6. The van der Waals surface area contributed by atoms with Crippen molar-refractivity contribution in [3.05, 3.63) is 62.5 Å². The normalized spacial score (nSPS) is 11.6. The highest BCUT2D eigenvalue weighted by Crippen LogP contribution is 2.42. The number of hydrogen-bond donors (Lipinski definition) is 3. The Morgan fingerprint density at radius 3 is 2.57 bits per heavy atom. The van der Waals surface area contributed by atoms with E-state index in [1.165, 1.54) is 24.3 Å². The number of aryl methyl sites for hydroxylation is 2. The number of benzene rings is 2. The molecule has 3 rings (SSSR count). The quantitative estimate of drug-likeness (QED) is 0.196. The molecule has 3 aromatic rings. The zero-order valence-electron chi connectivity index (χ0n) is 14.8. The summed E-state index contributed by atoms with van der Waals surface area (Å²) in [6.45, 7) is 3.42. The van der Waals surface area contributed by atoms with Crippen LogP contribution in [-0.2, 0) is 0 Å². The molecule has 10 heteroatoms. The summed E-state index contributed by atoms with van der Waals surface area (Å²) in [7, 11) is 0. The number of nitro groups is 1. The molecule has 9 nitrogen and oxygen atoms in total. The standard InChI is InChI=1S/C18H15ClN4O5/c1-8-16(9(2)28-22-8)17-12(6-11(19)7-13(17)18(20)21-25)10-3-4-15(24)14(5-10)23(26)27/h3-7,24-25H,1-2H3,(H2,20,21). The second-order valence-corrected chi connectivity index (χ2v) is 6.46. The van der Waals surface area contributed by atoms with E-state index in [1.54, 1.807) is 19.9 Å². The van der Waals surface area contributed by atoms with Crippen molar-refractivity contribution in [1.82, 2.24) is 5.16 Å². The first-order valence-electron chi connectivity index (χ1n) is 7.97. The summed E-state index contributed by atoms with van der Waals surface area (Å²) < 4.78 is 5.25. The summed E-state index contributed by atoms with van der Waals surface area (Å²) in [6, 6.07) is 7.04. The van der Waals surface area contributed by atoms with E-state index < -0.39 is 16.4 Å². The van der Waals surface area contributed by atoms with Gasteiger partial charge in [0.2, 0.25) is 0 Å². The molecule has 0 atom stereocenters. The SMILES string of the molecule is Cc1noc(C)c1-c1c(/C(N)=N/O)cc(Cl)cc1-c1ccc(O)c([N+](=O)[O-])c1. The molecule has 0 saturated carbocycles. The summed E-state index contributed by atoms with van der Waals surface area (Å²) in [5.41, 5.74) is 8.17. The van der Waals surface area contributed by atoms with E-state index in [-0.39, 0.29) is 10.9 Å². The fourth-order valence-electron chi connectivity index (χ4n) is 3.04. The van der Waals surface area contributed by atoms with E-state index in [0.717, 1.165) is 0 Å². The lowest BCUT2D eigenvalue weighted by Gasteiger charge is -2.16. The van der Waals surface area contributed by atoms with E-state index in [9.17, 15) is 20.4 Å². The number of hydrogen-bond acceptors (Lipinski definition) is 7. The predicted molar refractivity (Wildman–Crippen MR) is 103 cm³/mol. The number of phenolic OH excluding ortho intramolecular Hbond substituents is 1. The molecule has 0 aliphatic heterocycles. The van der Waals surface area contributed by atoms with Gasteiger partial charge in [-0.25, -0.2) is 0 Å². The second kappa shape index (κ2) is 7.20. The number of halogens is 1. The Morgan fingerprint density at radius 2 is 2.00 bits per heavy atom. The number of oxime groups is 1.